The summed E-state index contributed by atoms with van der Waals surface area (Å²) in [6.07, 6.45) is 0. The van der Waals surface area contributed by atoms with Crippen LogP contribution in [0.25, 0.3) is 32.9 Å². The molecule has 132 valence electrons. The monoisotopic (exact) mass is 456 g/mol. The van der Waals surface area contributed by atoms with Gasteiger partial charge in [0.15, 0.2) is 0 Å². The maximum atomic E-state index is 3.64. The number of pyridine rings is 1. The number of rotatable bonds is 3. The summed E-state index contributed by atoms with van der Waals surface area (Å²) in [5.74, 6) is 0. The van der Waals surface area contributed by atoms with Gasteiger partial charge in [-0.05, 0) is 41.3 Å². The molecule has 4 rings (SSSR count). The molecule has 0 spiro atoms. The molecule has 4 heteroatoms. The van der Waals surface area contributed by atoms with E-state index in [1.165, 1.54) is 21.7 Å². The largest absolute Gasteiger partial charge is 0.388 e. The Hall–Kier alpha value is -2.34. The molecule has 0 radical (unpaired) electrons. The third kappa shape index (κ3) is 3.46. The van der Waals surface area contributed by atoms with Gasteiger partial charge in [0, 0.05) is 42.5 Å². The fraction of sp³-hybridized carbons (Fsp3) is 0.136. The molecule has 0 saturated carbocycles. The van der Waals surface area contributed by atoms with Gasteiger partial charge in [-0.25, -0.2) is 4.98 Å². The summed E-state index contributed by atoms with van der Waals surface area (Å²) < 4.78 is 0. The predicted octanol–water partition coefficient (Wildman–Crippen LogP) is 5.61. The number of hydrogen-bond acceptors (Lipinski definition) is 2. The maximum absolute atomic E-state index is 3.64. The lowest BCUT2D eigenvalue weighted by molar-refractivity contribution is -0.329. The zero-order chi connectivity index (χ0) is 18.5. The van der Waals surface area contributed by atoms with Crippen LogP contribution in [0.4, 0.5) is 11.4 Å². The number of aromatic nitrogens is 1. The highest BCUT2D eigenvalue weighted by Gasteiger charge is 2.16. The van der Waals surface area contributed by atoms with Crippen LogP contribution >= 0.6 is 22.6 Å². The average molecular weight is 456 g/mol. The SMILES string of the molecule is CI.CNc1ccc2c(c1)[nH+]c(-c1ccccc1)c1cc(NC)ccc12. The maximum Gasteiger partial charge on any atom is 0.219 e. The Morgan fingerprint density at radius 3 is 1.96 bits per heavy atom. The molecule has 0 atom stereocenters. The number of halogens is 1. The lowest BCUT2D eigenvalue weighted by Crippen LogP contribution is -2.10. The van der Waals surface area contributed by atoms with Crippen LogP contribution in [0.15, 0.2) is 66.7 Å². The summed E-state index contributed by atoms with van der Waals surface area (Å²) in [7, 11) is 3.90. The van der Waals surface area contributed by atoms with Crippen LogP contribution in [-0.2, 0) is 0 Å². The highest BCUT2D eigenvalue weighted by molar-refractivity contribution is 14.1. The molecule has 4 aromatic rings. The van der Waals surface area contributed by atoms with Crippen LogP contribution in [0.5, 0.6) is 0 Å². The second-order valence-electron chi connectivity index (χ2n) is 5.89. The van der Waals surface area contributed by atoms with Crippen molar-refractivity contribution in [1.29, 1.82) is 0 Å². The van der Waals surface area contributed by atoms with Crippen molar-refractivity contribution < 1.29 is 4.98 Å². The van der Waals surface area contributed by atoms with Gasteiger partial charge in [0.1, 0.15) is 0 Å². The first-order chi connectivity index (χ1) is 12.8. The standard InChI is InChI=1S/C21H19N3.CH3I/c1-22-15-8-10-17-18-11-9-16(23-2)13-20(18)24-21(19(17)12-15)14-6-4-3-5-7-14;1-2/h3-13,22-23H,1-2H3;1H3/p+1. The Morgan fingerprint density at radius 1 is 0.692 bits per heavy atom. The Balaban J connectivity index is 0.000000948. The first-order valence-corrected chi connectivity index (χ1v) is 10.7. The van der Waals surface area contributed by atoms with Crippen LogP contribution in [-0.4, -0.2) is 19.0 Å². The van der Waals surface area contributed by atoms with E-state index in [-0.39, 0.29) is 0 Å². The molecule has 0 saturated heterocycles. The minimum atomic E-state index is 1.10. The van der Waals surface area contributed by atoms with Crippen molar-refractivity contribution in [1.82, 2.24) is 0 Å². The van der Waals surface area contributed by atoms with Crippen LogP contribution in [0.3, 0.4) is 0 Å². The molecule has 0 bridgehead atoms. The van der Waals surface area contributed by atoms with Crippen LogP contribution in [0.2, 0.25) is 0 Å². The van der Waals surface area contributed by atoms with E-state index in [2.05, 4.69) is 98.9 Å². The van der Waals surface area contributed by atoms with Crippen LogP contribution in [0, 0.1) is 0 Å². The minimum Gasteiger partial charge on any atom is -0.388 e. The number of aromatic amines is 1. The van der Waals surface area contributed by atoms with Crippen molar-refractivity contribution in [2.75, 3.05) is 29.7 Å². The van der Waals surface area contributed by atoms with Crippen molar-refractivity contribution in [3.8, 4) is 11.3 Å². The fourth-order valence-corrected chi connectivity index (χ4v) is 3.21. The molecular formula is C22H23IN3+. The van der Waals surface area contributed by atoms with Gasteiger partial charge < -0.3 is 10.6 Å². The van der Waals surface area contributed by atoms with Gasteiger partial charge in [0.05, 0.1) is 10.8 Å². The molecule has 0 aliphatic rings. The van der Waals surface area contributed by atoms with Crippen molar-refractivity contribution >= 4 is 55.6 Å². The van der Waals surface area contributed by atoms with E-state index in [0.717, 1.165) is 22.6 Å². The molecule has 1 heterocycles. The van der Waals surface area contributed by atoms with E-state index in [1.54, 1.807) is 0 Å². The number of hydrogen-bond donors (Lipinski definition) is 2. The van der Waals surface area contributed by atoms with E-state index >= 15 is 0 Å². The third-order valence-electron chi connectivity index (χ3n) is 4.50. The third-order valence-corrected chi connectivity index (χ3v) is 4.50. The number of fused-ring (bicyclic) bond motifs is 3. The quantitative estimate of drug-likeness (QED) is 0.239. The lowest BCUT2D eigenvalue weighted by Gasteiger charge is -2.08. The summed E-state index contributed by atoms with van der Waals surface area (Å²) >= 11 is 2.15. The number of alkyl halides is 1. The molecule has 0 fully saturated rings. The smallest absolute Gasteiger partial charge is 0.219 e. The van der Waals surface area contributed by atoms with E-state index in [4.69, 9.17) is 0 Å². The Bertz CT molecular complexity index is 1030. The van der Waals surface area contributed by atoms with Crippen LogP contribution < -0.4 is 15.6 Å². The van der Waals surface area contributed by atoms with Crippen molar-refractivity contribution in [2.45, 2.75) is 0 Å². The number of benzene rings is 3. The highest BCUT2D eigenvalue weighted by Crippen LogP contribution is 2.32. The molecule has 0 amide bonds. The van der Waals surface area contributed by atoms with E-state index in [1.807, 2.05) is 25.1 Å². The minimum absolute atomic E-state index is 1.10. The van der Waals surface area contributed by atoms with E-state index in [9.17, 15) is 0 Å². The van der Waals surface area contributed by atoms with Gasteiger partial charge in [0.25, 0.3) is 0 Å². The Kier molecular flexibility index (Phi) is 5.93. The molecule has 0 unspecified atom stereocenters. The number of nitrogens with one attached hydrogen (secondary N) is 3. The highest BCUT2D eigenvalue weighted by atomic mass is 127. The van der Waals surface area contributed by atoms with E-state index < -0.39 is 0 Å². The Labute approximate surface area is 168 Å². The zero-order valence-corrected chi connectivity index (χ0v) is 17.4. The molecule has 3 nitrogen and oxygen atoms in total. The summed E-state index contributed by atoms with van der Waals surface area (Å²) in [5.41, 5.74) is 5.67. The topological polar surface area (TPSA) is 38.2 Å². The summed E-state index contributed by atoms with van der Waals surface area (Å²) in [5, 5.41) is 10.2. The van der Waals surface area contributed by atoms with Gasteiger partial charge in [-0.3, -0.25) is 0 Å². The summed E-state index contributed by atoms with van der Waals surface area (Å²) in [4.78, 5) is 5.61. The number of H-pyrrole nitrogens is 1. The van der Waals surface area contributed by atoms with Crippen LogP contribution in [0.1, 0.15) is 0 Å². The number of anilines is 2. The Morgan fingerprint density at radius 2 is 1.31 bits per heavy atom. The molecule has 0 aliphatic heterocycles. The van der Waals surface area contributed by atoms with Crippen molar-refractivity contribution in [3.05, 3.63) is 66.7 Å². The zero-order valence-electron chi connectivity index (χ0n) is 15.2. The second-order valence-corrected chi connectivity index (χ2v) is 5.89. The average Bonchev–Trinajstić information content (AvgIpc) is 2.74. The molecule has 1 aromatic heterocycles. The van der Waals surface area contributed by atoms with Gasteiger partial charge in [-0.2, -0.15) is 0 Å². The molecule has 3 N–H and O–H groups in total. The molecule has 26 heavy (non-hydrogen) atoms. The van der Waals surface area contributed by atoms with Crippen molar-refractivity contribution in [3.63, 3.8) is 0 Å². The second kappa shape index (κ2) is 8.36. The van der Waals surface area contributed by atoms with Gasteiger partial charge in [0.2, 0.25) is 11.2 Å². The van der Waals surface area contributed by atoms with Crippen molar-refractivity contribution in [2.24, 2.45) is 0 Å². The first kappa shape index (κ1) is 18.5. The first-order valence-electron chi connectivity index (χ1n) is 8.51. The molecule has 3 aromatic carbocycles. The van der Waals surface area contributed by atoms with Gasteiger partial charge in [-0.1, -0.05) is 46.9 Å². The lowest BCUT2D eigenvalue weighted by atomic mass is 9.99. The van der Waals surface area contributed by atoms with Gasteiger partial charge >= 0.3 is 0 Å². The molecular weight excluding hydrogens is 433 g/mol. The fourth-order valence-electron chi connectivity index (χ4n) is 3.21. The van der Waals surface area contributed by atoms with E-state index in [0.29, 0.717) is 0 Å². The predicted molar refractivity (Wildman–Crippen MR) is 122 cm³/mol. The normalized spacial score (nSPS) is 10.3. The summed E-state index contributed by atoms with van der Waals surface area (Å²) in [6, 6.07) is 23.5. The van der Waals surface area contributed by atoms with Gasteiger partial charge in [-0.15, -0.1) is 0 Å². The summed E-state index contributed by atoms with van der Waals surface area (Å²) in [6.45, 7) is 0. The molecule has 0 aliphatic carbocycles.